The fraction of sp³-hybridized carbons (Fsp3) is 0.600. The predicted octanol–water partition coefficient (Wildman–Crippen LogP) is 2.28. The molecule has 1 fully saturated rings. The van der Waals surface area contributed by atoms with E-state index < -0.39 is 5.15 Å². The molecule has 9 heteroatoms. The first-order valence-electron chi connectivity index (χ1n) is 9.90. The number of carbonyl (C=O) groups is 1. The molecule has 3 rings (SSSR count). The fourth-order valence-corrected chi connectivity index (χ4v) is 5.18. The van der Waals surface area contributed by atoms with E-state index in [1.54, 1.807) is 0 Å². The first-order valence-corrected chi connectivity index (χ1v) is 12.0. The van der Waals surface area contributed by atoms with Crippen LogP contribution in [0, 0.1) is 5.92 Å². The van der Waals surface area contributed by atoms with Crippen molar-refractivity contribution in [3.8, 4) is 0 Å². The van der Waals surface area contributed by atoms with Gasteiger partial charge in [0.25, 0.3) is 0 Å². The minimum Gasteiger partial charge on any atom is -0.369 e. The van der Waals surface area contributed by atoms with Gasteiger partial charge in [-0.05, 0) is 38.9 Å². The highest BCUT2D eigenvalue weighted by Crippen LogP contribution is 2.38. The maximum absolute atomic E-state index is 14.7. The topological polar surface area (TPSA) is 39.2 Å². The van der Waals surface area contributed by atoms with Gasteiger partial charge in [-0.25, -0.2) is 4.39 Å². The highest BCUT2D eigenvalue weighted by Gasteiger charge is 2.32. The van der Waals surface area contributed by atoms with Crippen LogP contribution in [0.5, 0.6) is 0 Å². The Morgan fingerprint density at radius 1 is 1.38 bits per heavy atom. The number of rotatable bonds is 5. The van der Waals surface area contributed by atoms with Crippen LogP contribution in [0.1, 0.15) is 25.3 Å². The molecule has 0 aromatic heterocycles. The van der Waals surface area contributed by atoms with Crippen LogP contribution in [0.4, 0.5) is 10.1 Å². The second-order valence-electron chi connectivity index (χ2n) is 8.38. The highest BCUT2D eigenvalue weighted by atomic mass is 127. The van der Waals surface area contributed by atoms with Gasteiger partial charge >= 0.3 is 0 Å². The first-order chi connectivity index (χ1) is 13.6. The van der Waals surface area contributed by atoms with Crippen molar-refractivity contribution in [2.75, 3.05) is 45.2 Å². The average Bonchev–Trinajstić information content (AvgIpc) is 2.64. The molecule has 2 aliphatic rings. The number of fused-ring (bicyclic) bond motifs is 1. The van der Waals surface area contributed by atoms with E-state index in [2.05, 4.69) is 64.2 Å². The van der Waals surface area contributed by atoms with E-state index in [1.165, 1.54) is 0 Å². The number of alkyl halides is 1. The van der Waals surface area contributed by atoms with Crippen LogP contribution in [0.25, 0.3) is 6.08 Å². The summed E-state index contributed by atoms with van der Waals surface area (Å²) in [6, 6.07) is 4.01. The predicted molar refractivity (Wildman–Crippen MR) is 133 cm³/mol. The van der Waals surface area contributed by atoms with Crippen LogP contribution < -0.4 is 15.5 Å². The zero-order valence-electron chi connectivity index (χ0n) is 17.2. The summed E-state index contributed by atoms with van der Waals surface area (Å²) < 4.78 is 16.6. The molecular formula is C20H30FIN4OP2. The number of anilines is 1. The van der Waals surface area contributed by atoms with Gasteiger partial charge in [0, 0.05) is 36.1 Å². The number of benzene rings is 1. The molecule has 1 saturated heterocycles. The summed E-state index contributed by atoms with van der Waals surface area (Å²) in [4.78, 5) is 21.5. The van der Waals surface area contributed by atoms with Crippen molar-refractivity contribution in [3.63, 3.8) is 0 Å². The van der Waals surface area contributed by atoms with E-state index in [1.807, 2.05) is 34.2 Å². The molecule has 0 spiro atoms. The van der Waals surface area contributed by atoms with Gasteiger partial charge in [0.15, 0.2) is 5.15 Å². The number of amides is 1. The third kappa shape index (κ3) is 5.47. The molecule has 0 radical (unpaired) electrons. The van der Waals surface area contributed by atoms with Crippen LogP contribution in [0.3, 0.4) is 0 Å². The lowest BCUT2D eigenvalue weighted by molar-refractivity contribution is -0.127. The third-order valence-electron chi connectivity index (χ3n) is 5.34. The molecule has 0 saturated carbocycles. The van der Waals surface area contributed by atoms with E-state index in [9.17, 15) is 9.18 Å². The van der Waals surface area contributed by atoms with Gasteiger partial charge in [-0.1, -0.05) is 37.5 Å². The molecule has 2 heterocycles. The first kappa shape index (κ1) is 23.3. The Kier molecular flexibility index (Phi) is 7.57. The third-order valence-corrected chi connectivity index (χ3v) is 7.29. The Balaban J connectivity index is 1.94. The lowest BCUT2D eigenvalue weighted by Gasteiger charge is -2.41. The molecular weight excluding hydrogens is 520 g/mol. The summed E-state index contributed by atoms with van der Waals surface area (Å²) in [6.45, 7) is 5.02. The van der Waals surface area contributed by atoms with Gasteiger partial charge in [-0.3, -0.25) is 12.9 Å². The number of hydrogen-bond donors (Lipinski definition) is 0. The Hall–Kier alpha value is -0.360. The van der Waals surface area contributed by atoms with Gasteiger partial charge < -0.3 is 9.80 Å². The molecule has 2 unspecified atom stereocenters. The molecule has 0 N–H and O–H groups in total. The van der Waals surface area contributed by atoms with Gasteiger partial charge in [0.2, 0.25) is 5.91 Å². The Bertz CT molecular complexity index is 890. The Morgan fingerprint density at radius 3 is 2.76 bits per heavy atom. The van der Waals surface area contributed by atoms with Gasteiger partial charge in [-0.15, -0.1) is 0 Å². The van der Waals surface area contributed by atoms with Gasteiger partial charge in [-0.2, -0.15) is 0 Å². The summed E-state index contributed by atoms with van der Waals surface area (Å²) in [6.07, 6.45) is 4.02. The zero-order valence-corrected chi connectivity index (χ0v) is 21.7. The summed E-state index contributed by atoms with van der Waals surface area (Å²) in [5.41, 5.74) is 1.67. The molecule has 0 bridgehead atoms. The van der Waals surface area contributed by atoms with Crippen molar-refractivity contribution in [2.45, 2.75) is 31.0 Å². The highest BCUT2D eigenvalue weighted by molar-refractivity contribution is 14.1. The number of likely N-dealkylation sites (N-methyl/N-ethyl adjacent to an activating group) is 1. The smallest absolute Gasteiger partial charge is 0.245 e. The summed E-state index contributed by atoms with van der Waals surface area (Å²) in [7, 11) is 8.32. The monoisotopic (exact) mass is 550 g/mol. The van der Waals surface area contributed by atoms with E-state index in [4.69, 9.17) is 0 Å². The van der Waals surface area contributed by atoms with Gasteiger partial charge in [0.1, 0.15) is 0 Å². The number of carbonyl (C=O) groups excluding carboxylic acids is 1. The van der Waals surface area contributed by atoms with E-state index in [0.717, 1.165) is 42.2 Å². The Morgan fingerprint density at radius 2 is 2.10 bits per heavy atom. The second kappa shape index (κ2) is 9.42. The van der Waals surface area contributed by atoms with Crippen molar-refractivity contribution in [2.24, 2.45) is 10.9 Å². The van der Waals surface area contributed by atoms with E-state index in [-0.39, 0.29) is 11.9 Å². The van der Waals surface area contributed by atoms with E-state index in [0.29, 0.717) is 24.6 Å². The number of halogens is 2. The van der Waals surface area contributed by atoms with Crippen molar-refractivity contribution in [3.05, 3.63) is 28.3 Å². The molecule has 160 valence electrons. The quantitative estimate of drug-likeness (QED) is 0.321. The van der Waals surface area contributed by atoms with Crippen LogP contribution in [0.15, 0.2) is 17.1 Å². The van der Waals surface area contributed by atoms with Crippen LogP contribution in [0.2, 0.25) is 0 Å². The van der Waals surface area contributed by atoms with Crippen molar-refractivity contribution < 1.29 is 9.18 Å². The zero-order chi connectivity index (χ0) is 21.3. The minimum atomic E-state index is -1.59. The normalized spacial score (nSPS) is 22.0. The van der Waals surface area contributed by atoms with Crippen LogP contribution in [-0.2, 0) is 9.95 Å². The van der Waals surface area contributed by atoms with Crippen LogP contribution >= 0.6 is 41.3 Å². The number of hydrogen-bond acceptors (Lipinski definition) is 4. The molecule has 1 aromatic rings. The molecule has 1 amide bonds. The molecule has 29 heavy (non-hydrogen) atoms. The Labute approximate surface area is 191 Å². The molecule has 0 aliphatic carbocycles. The SMILES string of the molecule is C[C@H]1C[C@@H](N(I)C(=O)CN(C)C)CN(c2ccc(C(F)(P)P)c3c2=CCCN=3)C1. The summed E-state index contributed by atoms with van der Waals surface area (Å²) in [5.74, 6) is 0.583. The number of piperidine rings is 1. The number of nitrogens with zero attached hydrogens (tertiary/aromatic N) is 4. The molecule has 5 nitrogen and oxygen atoms in total. The van der Waals surface area contributed by atoms with Crippen LogP contribution in [-0.4, -0.2) is 60.2 Å². The lowest BCUT2D eigenvalue weighted by Crippen LogP contribution is -2.52. The summed E-state index contributed by atoms with van der Waals surface area (Å²) >= 11 is 2.17. The summed E-state index contributed by atoms with van der Waals surface area (Å²) in [5, 5.41) is 0.186. The largest absolute Gasteiger partial charge is 0.369 e. The van der Waals surface area contributed by atoms with Gasteiger partial charge in [0.05, 0.1) is 40.8 Å². The standard InChI is InChI=1S/C20H30FIN4OP2/c1-13-9-14(26(22)18(27)12-24(2)3)11-25(10-13)17-7-6-16(20(21,28)29)19-15(17)5-4-8-23-19/h5-7,13-14H,4,8-12,28-29H2,1-3H3/t13-,14+/m0/s1. The average molecular weight is 550 g/mol. The molecule has 4 atom stereocenters. The second-order valence-corrected chi connectivity index (χ2v) is 11.8. The van der Waals surface area contributed by atoms with Crippen molar-refractivity contribution >= 4 is 59.0 Å². The van der Waals surface area contributed by atoms with Crippen molar-refractivity contribution in [1.29, 1.82) is 0 Å². The fourth-order valence-electron chi connectivity index (χ4n) is 4.16. The lowest BCUT2D eigenvalue weighted by atomic mass is 9.94. The minimum absolute atomic E-state index is 0.127. The maximum atomic E-state index is 14.7. The van der Waals surface area contributed by atoms with Crippen molar-refractivity contribution in [1.82, 2.24) is 8.01 Å². The molecule has 1 aromatic carbocycles. The molecule has 2 aliphatic heterocycles. The maximum Gasteiger partial charge on any atom is 0.245 e. The van der Waals surface area contributed by atoms with E-state index >= 15 is 0 Å².